The third-order valence-corrected chi connectivity index (χ3v) is 3.07. The molecule has 0 unspecified atom stereocenters. The van der Waals surface area contributed by atoms with Crippen molar-refractivity contribution in [3.05, 3.63) is 57.6 Å². The zero-order valence-corrected chi connectivity index (χ0v) is 12.0. The van der Waals surface area contributed by atoms with Crippen molar-refractivity contribution in [1.29, 1.82) is 0 Å². The monoisotopic (exact) mass is 321 g/mol. The quantitative estimate of drug-likeness (QED) is 0.446. The van der Waals surface area contributed by atoms with E-state index >= 15 is 0 Å². The predicted molar refractivity (Wildman–Crippen MR) is 83.3 cm³/mol. The number of amides is 1. The van der Waals surface area contributed by atoms with E-state index in [0.717, 1.165) is 0 Å². The molecule has 0 aromatic heterocycles. The molecular formula is C14H12ClN3O4. The van der Waals surface area contributed by atoms with Crippen LogP contribution in [0.4, 0.5) is 17.1 Å². The summed E-state index contributed by atoms with van der Waals surface area (Å²) in [4.78, 5) is 21.8. The van der Waals surface area contributed by atoms with E-state index in [0.29, 0.717) is 11.4 Å². The van der Waals surface area contributed by atoms with Crippen molar-refractivity contribution < 1.29 is 14.8 Å². The van der Waals surface area contributed by atoms with Gasteiger partial charge in [-0.3, -0.25) is 14.9 Å². The number of nitro groups is 1. The average Bonchev–Trinajstić information content (AvgIpc) is 2.48. The fourth-order valence-electron chi connectivity index (χ4n) is 1.69. The summed E-state index contributed by atoms with van der Waals surface area (Å²) in [5, 5.41) is 25.3. The Kier molecular flexibility index (Phi) is 4.80. The maximum absolute atomic E-state index is 11.8. The number of hydrogen-bond donors (Lipinski definition) is 3. The molecule has 22 heavy (non-hydrogen) atoms. The third kappa shape index (κ3) is 4.10. The molecule has 2 aromatic carbocycles. The maximum atomic E-state index is 11.8. The fourth-order valence-corrected chi connectivity index (χ4v) is 1.93. The van der Waals surface area contributed by atoms with Crippen molar-refractivity contribution >= 4 is 34.6 Å². The van der Waals surface area contributed by atoms with Crippen LogP contribution in [0.3, 0.4) is 0 Å². The molecule has 3 N–H and O–H groups in total. The van der Waals surface area contributed by atoms with Crippen molar-refractivity contribution in [1.82, 2.24) is 0 Å². The summed E-state index contributed by atoms with van der Waals surface area (Å²) >= 11 is 5.91. The van der Waals surface area contributed by atoms with Gasteiger partial charge in [0.25, 0.3) is 5.69 Å². The number of phenolic OH excluding ortho intramolecular Hbond substituents is 1. The highest BCUT2D eigenvalue weighted by atomic mass is 35.5. The van der Waals surface area contributed by atoms with Gasteiger partial charge in [-0.05, 0) is 30.3 Å². The van der Waals surface area contributed by atoms with Gasteiger partial charge in [0.05, 0.1) is 22.2 Å². The molecule has 2 aromatic rings. The lowest BCUT2D eigenvalue weighted by Gasteiger charge is -2.09. The lowest BCUT2D eigenvalue weighted by atomic mass is 10.2. The number of nitro benzene ring substituents is 1. The van der Waals surface area contributed by atoms with Gasteiger partial charge in [0.2, 0.25) is 5.91 Å². The summed E-state index contributed by atoms with van der Waals surface area (Å²) in [5.74, 6) is -0.214. The largest absolute Gasteiger partial charge is 0.508 e. The van der Waals surface area contributed by atoms with E-state index in [-0.39, 0.29) is 28.9 Å². The van der Waals surface area contributed by atoms with Crippen LogP contribution < -0.4 is 10.6 Å². The summed E-state index contributed by atoms with van der Waals surface area (Å²) in [6, 6.07) is 9.98. The first kappa shape index (κ1) is 15.6. The van der Waals surface area contributed by atoms with Crippen LogP contribution >= 0.6 is 11.6 Å². The standard InChI is InChI=1S/C14H12ClN3O4/c15-12-7-10(18(21)22)3-6-13(12)16-8-14(20)17-9-1-4-11(19)5-2-9/h1-7,16,19H,8H2,(H,17,20). The summed E-state index contributed by atoms with van der Waals surface area (Å²) in [7, 11) is 0. The Morgan fingerprint density at radius 2 is 1.91 bits per heavy atom. The third-order valence-electron chi connectivity index (χ3n) is 2.75. The van der Waals surface area contributed by atoms with E-state index < -0.39 is 4.92 Å². The number of rotatable bonds is 5. The summed E-state index contributed by atoms with van der Waals surface area (Å²) in [5.41, 5.74) is 0.844. The lowest BCUT2D eigenvalue weighted by molar-refractivity contribution is -0.384. The Morgan fingerprint density at radius 1 is 1.23 bits per heavy atom. The number of benzene rings is 2. The van der Waals surface area contributed by atoms with Gasteiger partial charge < -0.3 is 15.7 Å². The molecule has 0 aliphatic carbocycles. The molecule has 0 fully saturated rings. The van der Waals surface area contributed by atoms with Crippen molar-refractivity contribution in [3.63, 3.8) is 0 Å². The number of anilines is 2. The molecular weight excluding hydrogens is 310 g/mol. The number of carbonyl (C=O) groups excluding carboxylic acids is 1. The van der Waals surface area contributed by atoms with Gasteiger partial charge in [-0.1, -0.05) is 11.6 Å². The minimum absolute atomic E-state index is 0.0571. The van der Waals surface area contributed by atoms with Crippen LogP contribution in [-0.4, -0.2) is 22.5 Å². The molecule has 0 aliphatic heterocycles. The Balaban J connectivity index is 1.93. The number of phenols is 1. The van der Waals surface area contributed by atoms with E-state index in [1.807, 2.05) is 0 Å². The van der Waals surface area contributed by atoms with E-state index in [2.05, 4.69) is 10.6 Å². The number of aromatic hydroxyl groups is 1. The first-order valence-corrected chi connectivity index (χ1v) is 6.60. The van der Waals surface area contributed by atoms with Gasteiger partial charge >= 0.3 is 0 Å². The maximum Gasteiger partial charge on any atom is 0.271 e. The zero-order chi connectivity index (χ0) is 16.1. The molecule has 0 atom stereocenters. The molecule has 8 heteroatoms. The van der Waals surface area contributed by atoms with Gasteiger partial charge in [0.15, 0.2) is 0 Å². The predicted octanol–water partition coefficient (Wildman–Crippen LogP) is 3.00. The number of carbonyl (C=O) groups is 1. The molecule has 1 amide bonds. The van der Waals surface area contributed by atoms with Crippen molar-refractivity contribution in [3.8, 4) is 5.75 Å². The van der Waals surface area contributed by atoms with Crippen LogP contribution in [-0.2, 0) is 4.79 Å². The minimum Gasteiger partial charge on any atom is -0.508 e. The zero-order valence-electron chi connectivity index (χ0n) is 11.2. The van der Waals surface area contributed by atoms with Crippen LogP contribution in [0.25, 0.3) is 0 Å². The van der Waals surface area contributed by atoms with E-state index in [9.17, 15) is 14.9 Å². The van der Waals surface area contributed by atoms with E-state index in [1.54, 1.807) is 12.1 Å². The van der Waals surface area contributed by atoms with Crippen molar-refractivity contribution in [2.24, 2.45) is 0 Å². The van der Waals surface area contributed by atoms with Crippen LogP contribution in [0.5, 0.6) is 5.75 Å². The van der Waals surface area contributed by atoms with Crippen LogP contribution in [0.2, 0.25) is 5.02 Å². The number of hydrogen-bond acceptors (Lipinski definition) is 5. The second-order valence-electron chi connectivity index (χ2n) is 4.37. The van der Waals surface area contributed by atoms with Gasteiger partial charge in [0.1, 0.15) is 5.75 Å². The topological polar surface area (TPSA) is 104 Å². The number of nitrogens with one attached hydrogen (secondary N) is 2. The van der Waals surface area contributed by atoms with Crippen molar-refractivity contribution in [2.75, 3.05) is 17.2 Å². The minimum atomic E-state index is -0.548. The van der Waals surface area contributed by atoms with Gasteiger partial charge in [-0.15, -0.1) is 0 Å². The smallest absolute Gasteiger partial charge is 0.271 e. The summed E-state index contributed by atoms with van der Waals surface area (Å²) in [6.45, 7) is -0.0571. The average molecular weight is 322 g/mol. The molecule has 0 aliphatic rings. The lowest BCUT2D eigenvalue weighted by Crippen LogP contribution is -2.21. The normalized spacial score (nSPS) is 10.0. The highest BCUT2D eigenvalue weighted by molar-refractivity contribution is 6.33. The van der Waals surface area contributed by atoms with E-state index in [1.165, 1.54) is 30.3 Å². The number of halogens is 1. The van der Waals surface area contributed by atoms with Crippen molar-refractivity contribution in [2.45, 2.75) is 0 Å². The van der Waals surface area contributed by atoms with Gasteiger partial charge in [-0.2, -0.15) is 0 Å². The van der Waals surface area contributed by atoms with Crippen LogP contribution in [0, 0.1) is 10.1 Å². The second kappa shape index (κ2) is 6.77. The van der Waals surface area contributed by atoms with Crippen LogP contribution in [0.15, 0.2) is 42.5 Å². The molecule has 2 rings (SSSR count). The van der Waals surface area contributed by atoms with Crippen LogP contribution in [0.1, 0.15) is 0 Å². The Morgan fingerprint density at radius 3 is 2.50 bits per heavy atom. The van der Waals surface area contributed by atoms with E-state index in [4.69, 9.17) is 16.7 Å². The Labute approximate surface area is 130 Å². The fraction of sp³-hybridized carbons (Fsp3) is 0.0714. The molecule has 0 bridgehead atoms. The molecule has 0 saturated heterocycles. The summed E-state index contributed by atoms with van der Waals surface area (Å²) in [6.07, 6.45) is 0. The van der Waals surface area contributed by atoms with Gasteiger partial charge in [-0.25, -0.2) is 0 Å². The van der Waals surface area contributed by atoms with Gasteiger partial charge in [0, 0.05) is 17.8 Å². The molecule has 0 spiro atoms. The Bertz CT molecular complexity index is 704. The second-order valence-corrected chi connectivity index (χ2v) is 4.78. The summed E-state index contributed by atoms with van der Waals surface area (Å²) < 4.78 is 0. The highest BCUT2D eigenvalue weighted by Crippen LogP contribution is 2.26. The highest BCUT2D eigenvalue weighted by Gasteiger charge is 2.10. The number of nitrogens with zero attached hydrogens (tertiary/aromatic N) is 1. The first-order valence-electron chi connectivity index (χ1n) is 6.22. The number of non-ortho nitro benzene ring substituents is 1. The Hall–Kier alpha value is -2.80. The SMILES string of the molecule is O=C(CNc1ccc([N+](=O)[O-])cc1Cl)Nc1ccc(O)cc1. The first-order chi connectivity index (χ1) is 10.5. The molecule has 7 nitrogen and oxygen atoms in total. The molecule has 114 valence electrons. The molecule has 0 saturated carbocycles. The molecule has 0 radical (unpaired) electrons. The molecule has 0 heterocycles.